The van der Waals surface area contributed by atoms with Crippen molar-refractivity contribution >= 4 is 50.3 Å². The first-order chi connectivity index (χ1) is 13.0. The smallest absolute Gasteiger partial charge is 0.294 e. The lowest BCUT2D eigenvalue weighted by molar-refractivity contribution is 0.479. The number of anilines is 1. The first kappa shape index (κ1) is 23.0. The SMILES string of the molecule is Cc1ccc(S(=O)(=O)O)cc1.O=S(=O)(O)CCCN1c2ccccc2SC1S. The van der Waals surface area contributed by atoms with Gasteiger partial charge in [0, 0.05) is 11.4 Å². The van der Waals surface area contributed by atoms with Crippen molar-refractivity contribution in [1.29, 1.82) is 0 Å². The van der Waals surface area contributed by atoms with Crippen LogP contribution in [0.15, 0.2) is 58.3 Å². The van der Waals surface area contributed by atoms with Crippen LogP contribution in [-0.4, -0.2) is 42.9 Å². The third-order valence-electron chi connectivity index (χ3n) is 3.79. The molecule has 0 fully saturated rings. The standard InChI is InChI=1S/C10H13NO3S3.C7H8O3S/c12-17(13,14)7-3-6-11-8-4-1-2-5-9(8)16-10(11)15;1-6-2-4-7(5-3-6)11(8,9)10/h1-2,4-5,10,15H,3,6-7H2,(H,12,13,14);2-5H,1H3,(H,8,9,10). The van der Waals surface area contributed by atoms with Crippen molar-refractivity contribution in [1.82, 2.24) is 0 Å². The molecule has 0 saturated carbocycles. The maximum Gasteiger partial charge on any atom is 0.294 e. The molecule has 0 saturated heterocycles. The molecule has 7 nitrogen and oxygen atoms in total. The lowest BCUT2D eigenvalue weighted by atomic mass is 10.2. The number of rotatable bonds is 5. The zero-order valence-corrected chi connectivity index (χ0v) is 18.3. The molecular weight excluding hydrogens is 442 g/mol. The molecule has 1 atom stereocenters. The van der Waals surface area contributed by atoms with Crippen LogP contribution >= 0.6 is 24.4 Å². The van der Waals surface area contributed by atoms with Crippen molar-refractivity contribution in [3.05, 3.63) is 54.1 Å². The predicted octanol–water partition coefficient (Wildman–Crippen LogP) is 3.33. The number of aryl methyl sites for hydroxylation is 1. The van der Waals surface area contributed by atoms with E-state index in [9.17, 15) is 16.8 Å². The van der Waals surface area contributed by atoms with Gasteiger partial charge in [-0.1, -0.05) is 41.6 Å². The molecule has 3 rings (SSSR count). The van der Waals surface area contributed by atoms with Crippen LogP contribution in [0.3, 0.4) is 0 Å². The number of hydrogen-bond acceptors (Lipinski definition) is 7. The maximum absolute atomic E-state index is 10.6. The Morgan fingerprint density at radius 1 is 1.04 bits per heavy atom. The van der Waals surface area contributed by atoms with Crippen molar-refractivity contribution in [2.24, 2.45) is 0 Å². The van der Waals surface area contributed by atoms with Crippen molar-refractivity contribution < 1.29 is 25.9 Å². The third kappa shape index (κ3) is 6.98. The summed E-state index contributed by atoms with van der Waals surface area (Å²) in [6, 6.07) is 13.9. The molecule has 0 aromatic heterocycles. The summed E-state index contributed by atoms with van der Waals surface area (Å²) >= 11 is 6.09. The lowest BCUT2D eigenvalue weighted by Gasteiger charge is -2.22. The van der Waals surface area contributed by atoms with E-state index in [1.807, 2.05) is 36.1 Å². The Kier molecular flexibility index (Phi) is 7.82. The summed E-state index contributed by atoms with van der Waals surface area (Å²) in [6.45, 7) is 2.41. The van der Waals surface area contributed by atoms with Crippen molar-refractivity contribution in [2.75, 3.05) is 17.2 Å². The van der Waals surface area contributed by atoms with Gasteiger partial charge in [-0.15, -0.1) is 12.6 Å². The average Bonchev–Trinajstić information content (AvgIpc) is 2.90. The maximum atomic E-state index is 10.6. The molecule has 1 aliphatic rings. The fraction of sp³-hybridized carbons (Fsp3) is 0.294. The van der Waals surface area contributed by atoms with Crippen LogP contribution in [0.2, 0.25) is 0 Å². The van der Waals surface area contributed by atoms with E-state index < -0.39 is 20.2 Å². The van der Waals surface area contributed by atoms with Gasteiger partial charge in [0.1, 0.15) is 4.71 Å². The molecule has 11 heteroatoms. The molecule has 154 valence electrons. The lowest BCUT2D eigenvalue weighted by Crippen LogP contribution is -2.27. The van der Waals surface area contributed by atoms with Gasteiger partial charge in [-0.05, 0) is 37.6 Å². The highest BCUT2D eigenvalue weighted by atomic mass is 32.2. The van der Waals surface area contributed by atoms with Crippen LogP contribution in [0.4, 0.5) is 5.69 Å². The molecule has 2 aromatic carbocycles. The fourth-order valence-corrected chi connectivity index (χ4v) is 5.04. The summed E-state index contributed by atoms with van der Waals surface area (Å²) in [4.78, 5) is 3.12. The summed E-state index contributed by atoms with van der Waals surface area (Å²) in [5.74, 6) is -0.211. The van der Waals surface area contributed by atoms with Crippen molar-refractivity contribution in [3.8, 4) is 0 Å². The van der Waals surface area contributed by atoms with Gasteiger partial charge in [0.25, 0.3) is 20.2 Å². The summed E-state index contributed by atoms with van der Waals surface area (Å²) in [6.07, 6.45) is 0.394. The molecule has 2 aromatic rings. The minimum atomic E-state index is -4.02. The molecule has 2 N–H and O–H groups in total. The van der Waals surface area contributed by atoms with E-state index in [-0.39, 0.29) is 15.4 Å². The second-order valence-electron chi connectivity index (χ2n) is 6.03. The van der Waals surface area contributed by atoms with Gasteiger partial charge >= 0.3 is 0 Å². The van der Waals surface area contributed by atoms with Crippen LogP contribution in [-0.2, 0) is 20.2 Å². The Hall–Kier alpha value is -1.24. The molecule has 1 heterocycles. The summed E-state index contributed by atoms with van der Waals surface area (Å²) < 4.78 is 59.5. The van der Waals surface area contributed by atoms with E-state index in [1.165, 1.54) is 12.1 Å². The first-order valence-electron chi connectivity index (χ1n) is 8.17. The van der Waals surface area contributed by atoms with Gasteiger partial charge in [-0.2, -0.15) is 16.8 Å². The Labute approximate surface area is 175 Å². The predicted molar refractivity (Wildman–Crippen MR) is 114 cm³/mol. The molecule has 0 bridgehead atoms. The Morgan fingerprint density at radius 2 is 1.64 bits per heavy atom. The number of hydrogen-bond donors (Lipinski definition) is 3. The zero-order chi connectivity index (χ0) is 20.9. The summed E-state index contributed by atoms with van der Waals surface area (Å²) in [7, 11) is -7.89. The van der Waals surface area contributed by atoms with E-state index in [0.717, 1.165) is 16.1 Å². The van der Waals surface area contributed by atoms with E-state index in [2.05, 4.69) is 12.6 Å². The monoisotopic (exact) mass is 463 g/mol. The van der Waals surface area contributed by atoms with E-state index >= 15 is 0 Å². The van der Waals surface area contributed by atoms with Gasteiger partial charge in [-0.25, -0.2) is 0 Å². The quantitative estimate of drug-likeness (QED) is 0.457. The van der Waals surface area contributed by atoms with Crippen LogP contribution in [0.5, 0.6) is 0 Å². The van der Waals surface area contributed by atoms with Gasteiger partial charge in [0.2, 0.25) is 0 Å². The number of thioether (sulfide) groups is 1. The minimum absolute atomic E-state index is 0.00815. The summed E-state index contributed by atoms with van der Waals surface area (Å²) in [5, 5.41) is 0. The van der Waals surface area contributed by atoms with Gasteiger partial charge in [0.05, 0.1) is 16.3 Å². The second kappa shape index (κ2) is 9.51. The molecule has 1 aliphatic heterocycles. The molecular formula is C17H21NO6S4. The molecule has 0 aliphatic carbocycles. The van der Waals surface area contributed by atoms with E-state index in [1.54, 1.807) is 23.9 Å². The van der Waals surface area contributed by atoms with E-state index in [4.69, 9.17) is 9.11 Å². The summed E-state index contributed by atoms with van der Waals surface area (Å²) in [5.41, 5.74) is 2.03. The van der Waals surface area contributed by atoms with Gasteiger partial charge in [-0.3, -0.25) is 9.11 Å². The Bertz CT molecular complexity index is 1010. The highest BCUT2D eigenvalue weighted by molar-refractivity contribution is 8.11. The number of benzene rings is 2. The van der Waals surface area contributed by atoms with Crippen molar-refractivity contribution in [3.63, 3.8) is 0 Å². The van der Waals surface area contributed by atoms with Crippen LogP contribution < -0.4 is 4.90 Å². The van der Waals surface area contributed by atoms with Crippen LogP contribution in [0.1, 0.15) is 12.0 Å². The van der Waals surface area contributed by atoms with Crippen molar-refractivity contribution in [2.45, 2.75) is 27.8 Å². The number of nitrogens with zero attached hydrogens (tertiary/aromatic N) is 1. The topological polar surface area (TPSA) is 112 Å². The minimum Gasteiger partial charge on any atom is -0.350 e. The molecule has 1 unspecified atom stereocenters. The third-order valence-corrected chi connectivity index (χ3v) is 7.13. The number of para-hydroxylation sites is 1. The molecule has 0 amide bonds. The van der Waals surface area contributed by atoms with Gasteiger partial charge < -0.3 is 4.90 Å². The second-order valence-corrected chi connectivity index (χ2v) is 11.0. The highest BCUT2D eigenvalue weighted by Gasteiger charge is 2.26. The Morgan fingerprint density at radius 3 is 2.21 bits per heavy atom. The zero-order valence-electron chi connectivity index (χ0n) is 15.0. The highest BCUT2D eigenvalue weighted by Crippen LogP contribution is 2.44. The molecule has 0 radical (unpaired) electrons. The Balaban J connectivity index is 0.000000221. The molecule has 28 heavy (non-hydrogen) atoms. The fourth-order valence-electron chi connectivity index (χ4n) is 2.45. The van der Waals surface area contributed by atoms with Gasteiger partial charge in [0.15, 0.2) is 0 Å². The van der Waals surface area contributed by atoms with E-state index in [0.29, 0.717) is 13.0 Å². The number of fused-ring (bicyclic) bond motifs is 1. The molecule has 0 spiro atoms. The first-order valence-corrected chi connectivity index (χ1v) is 12.6. The van der Waals surface area contributed by atoms with Crippen LogP contribution in [0.25, 0.3) is 0 Å². The number of thiol groups is 1. The van der Waals surface area contributed by atoms with Crippen LogP contribution in [0, 0.1) is 6.92 Å². The average molecular weight is 464 g/mol. The normalized spacial score (nSPS) is 16.3. The largest absolute Gasteiger partial charge is 0.350 e.